The topological polar surface area (TPSA) is 94.8 Å². The number of rotatable bonds is 6. The highest BCUT2D eigenvalue weighted by Gasteiger charge is 2.45. The molecule has 0 aliphatic carbocycles. The van der Waals surface area contributed by atoms with E-state index in [1.807, 2.05) is 30.3 Å². The molecule has 1 atom stereocenters. The van der Waals surface area contributed by atoms with E-state index in [0.29, 0.717) is 44.2 Å². The summed E-state index contributed by atoms with van der Waals surface area (Å²) in [6.45, 7) is 2.15. The van der Waals surface area contributed by atoms with Gasteiger partial charge in [0.2, 0.25) is 10.9 Å². The Kier molecular flexibility index (Phi) is 6.09. The number of carbonyl (C=O) groups is 1. The van der Waals surface area contributed by atoms with Crippen molar-refractivity contribution in [2.75, 3.05) is 12.0 Å². The van der Waals surface area contributed by atoms with Crippen LogP contribution in [0.1, 0.15) is 38.3 Å². The lowest BCUT2D eigenvalue weighted by Crippen LogP contribution is -2.29. The number of methoxy groups -OCH3 is 1. The van der Waals surface area contributed by atoms with Crippen LogP contribution in [-0.4, -0.2) is 23.2 Å². The van der Waals surface area contributed by atoms with Crippen molar-refractivity contribution in [2.24, 2.45) is 0 Å². The second kappa shape index (κ2) is 9.59. The second-order valence-electron chi connectivity index (χ2n) is 8.68. The van der Waals surface area contributed by atoms with E-state index < -0.39 is 11.9 Å². The third-order valence-corrected chi connectivity index (χ3v) is 7.37. The van der Waals surface area contributed by atoms with Gasteiger partial charge in [-0.3, -0.25) is 14.5 Å². The summed E-state index contributed by atoms with van der Waals surface area (Å²) < 4.78 is 17.6. The van der Waals surface area contributed by atoms with Crippen LogP contribution < -0.4 is 19.8 Å². The number of amides is 1. The van der Waals surface area contributed by atoms with Gasteiger partial charge < -0.3 is 13.9 Å². The number of halogens is 1. The molecule has 0 fully saturated rings. The largest absolute Gasteiger partial charge is 0.493 e. The SMILES string of the molecule is COc1cc(C2c3c(oc4ccc(Cl)cc4c3=O)C(=O)N2c2nnc(C)s2)ccc1OCc1ccccc1. The van der Waals surface area contributed by atoms with E-state index in [0.717, 1.165) is 5.56 Å². The van der Waals surface area contributed by atoms with Crippen LogP contribution in [0.5, 0.6) is 11.5 Å². The average molecular weight is 546 g/mol. The van der Waals surface area contributed by atoms with Crippen molar-refractivity contribution >= 4 is 44.9 Å². The number of aryl methyl sites for hydroxylation is 1. The maximum absolute atomic E-state index is 13.8. The lowest BCUT2D eigenvalue weighted by atomic mass is 9.98. The minimum Gasteiger partial charge on any atom is -0.493 e. The van der Waals surface area contributed by atoms with Crippen molar-refractivity contribution in [1.29, 1.82) is 0 Å². The minimum atomic E-state index is -0.818. The number of hydrogen-bond acceptors (Lipinski definition) is 8. The van der Waals surface area contributed by atoms with E-state index in [2.05, 4.69) is 10.2 Å². The van der Waals surface area contributed by atoms with Crippen LogP contribution in [0.3, 0.4) is 0 Å². The summed E-state index contributed by atoms with van der Waals surface area (Å²) in [5.74, 6) is 0.478. The number of nitrogens with zero attached hydrogens (tertiary/aromatic N) is 3. The highest BCUT2D eigenvalue weighted by atomic mass is 35.5. The van der Waals surface area contributed by atoms with Gasteiger partial charge in [0.15, 0.2) is 16.9 Å². The predicted molar refractivity (Wildman–Crippen MR) is 145 cm³/mol. The summed E-state index contributed by atoms with van der Waals surface area (Å²) in [5, 5.41) is 10.00. The molecule has 8 nitrogen and oxygen atoms in total. The molecule has 1 unspecified atom stereocenters. The first-order chi connectivity index (χ1) is 18.4. The predicted octanol–water partition coefficient (Wildman–Crippen LogP) is 5.94. The maximum atomic E-state index is 13.8. The first-order valence-electron chi connectivity index (χ1n) is 11.7. The second-order valence-corrected chi connectivity index (χ2v) is 10.3. The molecular formula is C28H20ClN3O5S. The van der Waals surface area contributed by atoms with Crippen LogP contribution in [0, 0.1) is 6.92 Å². The Hall–Kier alpha value is -4.21. The number of carbonyl (C=O) groups excluding carboxylic acids is 1. The Morgan fingerprint density at radius 1 is 1.03 bits per heavy atom. The van der Waals surface area contributed by atoms with Gasteiger partial charge in [0, 0.05) is 5.02 Å². The Labute approximate surface area is 226 Å². The van der Waals surface area contributed by atoms with Gasteiger partial charge in [0.05, 0.1) is 24.1 Å². The number of fused-ring (bicyclic) bond motifs is 2. The smallest absolute Gasteiger partial charge is 0.297 e. The first-order valence-corrected chi connectivity index (χ1v) is 12.9. The molecule has 1 amide bonds. The molecular weight excluding hydrogens is 526 g/mol. The monoisotopic (exact) mass is 545 g/mol. The van der Waals surface area contributed by atoms with Crippen molar-refractivity contribution in [1.82, 2.24) is 10.2 Å². The van der Waals surface area contributed by atoms with Gasteiger partial charge in [-0.15, -0.1) is 10.2 Å². The molecule has 0 spiro atoms. The summed E-state index contributed by atoms with van der Waals surface area (Å²) in [6, 6.07) is 19.0. The van der Waals surface area contributed by atoms with Crippen molar-refractivity contribution in [2.45, 2.75) is 19.6 Å². The van der Waals surface area contributed by atoms with Gasteiger partial charge in [-0.1, -0.05) is 59.3 Å². The molecule has 3 heterocycles. The summed E-state index contributed by atoms with van der Waals surface area (Å²) in [7, 11) is 1.54. The molecule has 5 aromatic rings. The van der Waals surface area contributed by atoms with Gasteiger partial charge in [0.1, 0.15) is 17.2 Å². The van der Waals surface area contributed by atoms with Crippen LogP contribution in [0.2, 0.25) is 5.02 Å². The summed E-state index contributed by atoms with van der Waals surface area (Å²) in [6.07, 6.45) is 0. The summed E-state index contributed by atoms with van der Waals surface area (Å²) in [4.78, 5) is 28.9. The van der Waals surface area contributed by atoms with E-state index in [1.54, 1.807) is 43.3 Å². The zero-order valence-corrected chi connectivity index (χ0v) is 21.9. The Morgan fingerprint density at radius 2 is 1.84 bits per heavy atom. The van der Waals surface area contributed by atoms with E-state index >= 15 is 0 Å². The molecule has 38 heavy (non-hydrogen) atoms. The van der Waals surface area contributed by atoms with Crippen LogP contribution in [0.25, 0.3) is 11.0 Å². The fourth-order valence-electron chi connectivity index (χ4n) is 4.55. The van der Waals surface area contributed by atoms with E-state index in [1.165, 1.54) is 23.3 Å². The molecule has 0 saturated heterocycles. The molecule has 1 aliphatic heterocycles. The highest BCUT2D eigenvalue weighted by Crippen LogP contribution is 2.44. The summed E-state index contributed by atoms with van der Waals surface area (Å²) in [5.41, 5.74) is 1.78. The number of benzene rings is 3. The van der Waals surface area contributed by atoms with Crippen molar-refractivity contribution in [3.05, 3.63) is 109 Å². The van der Waals surface area contributed by atoms with E-state index in [9.17, 15) is 9.59 Å². The highest BCUT2D eigenvalue weighted by molar-refractivity contribution is 7.15. The van der Waals surface area contributed by atoms with Gasteiger partial charge in [-0.2, -0.15) is 0 Å². The third kappa shape index (κ3) is 4.09. The summed E-state index contributed by atoms with van der Waals surface area (Å²) >= 11 is 7.43. The van der Waals surface area contributed by atoms with Gasteiger partial charge in [-0.25, -0.2) is 0 Å². The molecule has 190 valence electrons. The van der Waals surface area contributed by atoms with Gasteiger partial charge in [0.25, 0.3) is 5.91 Å². The molecule has 1 aliphatic rings. The van der Waals surface area contributed by atoms with Crippen LogP contribution >= 0.6 is 22.9 Å². The number of aromatic nitrogens is 2. The van der Waals surface area contributed by atoms with Crippen LogP contribution in [-0.2, 0) is 6.61 Å². The standard InChI is InChI=1S/C28H20ClN3O5S/c1-15-30-31-28(38-15)32-24(23-25(33)19-13-18(29)9-11-20(19)37-26(23)27(32)34)17-8-10-21(22(12-17)35-2)36-14-16-6-4-3-5-7-16/h3-13,24H,14H2,1-2H3. The Balaban J connectivity index is 1.49. The van der Waals surface area contributed by atoms with Crippen molar-refractivity contribution in [3.63, 3.8) is 0 Å². The zero-order valence-electron chi connectivity index (χ0n) is 20.3. The third-order valence-electron chi connectivity index (χ3n) is 6.29. The van der Waals surface area contributed by atoms with E-state index in [4.69, 9.17) is 25.5 Å². The molecule has 0 radical (unpaired) electrons. The first kappa shape index (κ1) is 24.1. The molecule has 0 saturated carbocycles. The Morgan fingerprint density at radius 3 is 2.58 bits per heavy atom. The lowest BCUT2D eigenvalue weighted by Gasteiger charge is -2.23. The quantitative estimate of drug-likeness (QED) is 0.260. The van der Waals surface area contributed by atoms with Crippen molar-refractivity contribution in [3.8, 4) is 11.5 Å². The van der Waals surface area contributed by atoms with Gasteiger partial charge in [-0.05, 0) is 48.4 Å². The van der Waals surface area contributed by atoms with Crippen molar-refractivity contribution < 1.29 is 18.7 Å². The number of anilines is 1. The average Bonchev–Trinajstić information content (AvgIpc) is 3.49. The molecule has 2 aromatic heterocycles. The van der Waals surface area contributed by atoms with Gasteiger partial charge >= 0.3 is 0 Å². The molecule has 0 N–H and O–H groups in total. The maximum Gasteiger partial charge on any atom is 0.297 e. The van der Waals surface area contributed by atoms with Crippen LogP contribution in [0.4, 0.5) is 5.13 Å². The normalized spacial score (nSPS) is 14.7. The molecule has 0 bridgehead atoms. The zero-order chi connectivity index (χ0) is 26.4. The molecule has 3 aromatic carbocycles. The fraction of sp³-hybridized carbons (Fsp3) is 0.143. The fourth-order valence-corrected chi connectivity index (χ4v) is 5.44. The Bertz CT molecular complexity index is 1750. The number of hydrogen-bond donors (Lipinski definition) is 0. The van der Waals surface area contributed by atoms with E-state index in [-0.39, 0.29) is 22.3 Å². The van der Waals surface area contributed by atoms with Crippen LogP contribution in [0.15, 0.2) is 75.9 Å². The molecule has 6 rings (SSSR count). The minimum absolute atomic E-state index is 0.0361. The lowest BCUT2D eigenvalue weighted by molar-refractivity contribution is 0.0970. The molecule has 10 heteroatoms. The number of ether oxygens (including phenoxy) is 2.